The number of rotatable bonds is 11. The maximum atomic E-state index is 13.8. The van der Waals surface area contributed by atoms with Crippen molar-refractivity contribution in [2.75, 3.05) is 40.5 Å². The highest BCUT2D eigenvalue weighted by Crippen LogP contribution is 2.48. The summed E-state index contributed by atoms with van der Waals surface area (Å²) in [5, 5.41) is 10.7. The smallest absolute Gasteiger partial charge is 0.409 e. The lowest BCUT2D eigenvalue weighted by atomic mass is 9.79. The van der Waals surface area contributed by atoms with Crippen LogP contribution in [0, 0.1) is 11.8 Å². The Morgan fingerprint density at radius 2 is 1.12 bits per heavy atom. The normalized spacial score (nSPS) is 17.5. The number of aliphatic hydroxyl groups is 1. The number of ether oxygens (including phenoxy) is 4. The predicted molar refractivity (Wildman–Crippen MR) is 188 cm³/mol. The molecule has 1 saturated heterocycles. The monoisotopic (exact) mass is 655 g/mol. The molecule has 1 heterocycles. The van der Waals surface area contributed by atoms with E-state index in [2.05, 4.69) is 24.3 Å². The van der Waals surface area contributed by atoms with Gasteiger partial charge >= 0.3 is 6.09 Å². The number of hydrogen-bond donors (Lipinski definition) is 1. The summed E-state index contributed by atoms with van der Waals surface area (Å²) in [6.45, 7) is 0.445. The molecule has 1 N–H and O–H groups in total. The second-order valence-electron chi connectivity index (χ2n) is 12.7. The molecule has 0 saturated carbocycles. The molecule has 1 fully saturated rings. The van der Waals surface area contributed by atoms with Gasteiger partial charge in [0.25, 0.3) is 5.97 Å². The minimum Gasteiger partial charge on any atom is -0.448 e. The lowest BCUT2D eigenvalue weighted by molar-refractivity contribution is -0.414. The fourth-order valence-electron chi connectivity index (χ4n) is 7.75. The van der Waals surface area contributed by atoms with Crippen molar-refractivity contribution in [3.63, 3.8) is 0 Å². The Balaban J connectivity index is 1.20. The van der Waals surface area contributed by atoms with Gasteiger partial charge in [-0.3, -0.25) is 0 Å². The lowest BCUT2D eigenvalue weighted by Gasteiger charge is -2.46. The van der Waals surface area contributed by atoms with Crippen molar-refractivity contribution in [2.24, 2.45) is 11.8 Å². The van der Waals surface area contributed by atoms with E-state index in [1.807, 2.05) is 115 Å². The minimum atomic E-state index is -1.67. The summed E-state index contributed by atoms with van der Waals surface area (Å²) in [6.07, 6.45) is -0.454. The number of carbonyl (C=O) groups excluding carboxylic acids is 1. The molecule has 1 aliphatic carbocycles. The van der Waals surface area contributed by atoms with Gasteiger partial charge in [0.1, 0.15) is 12.2 Å². The van der Waals surface area contributed by atoms with Gasteiger partial charge in [-0.1, -0.05) is 140 Å². The van der Waals surface area contributed by atoms with Crippen molar-refractivity contribution in [3.05, 3.63) is 167 Å². The summed E-state index contributed by atoms with van der Waals surface area (Å²) in [4.78, 5) is 15.4. The van der Waals surface area contributed by atoms with Crippen LogP contribution >= 0.6 is 0 Å². The highest BCUT2D eigenvalue weighted by molar-refractivity contribution is 5.79. The molecule has 250 valence electrons. The Bertz CT molecular complexity index is 1720. The zero-order valence-corrected chi connectivity index (χ0v) is 27.8. The molecule has 5 aromatic rings. The maximum Gasteiger partial charge on any atom is 0.409 e. The molecule has 0 aromatic heterocycles. The average molecular weight is 656 g/mol. The number of aliphatic hydroxyl groups excluding tert-OH is 1. The summed E-state index contributed by atoms with van der Waals surface area (Å²) < 4.78 is 25.8. The van der Waals surface area contributed by atoms with Gasteiger partial charge in [0, 0.05) is 45.8 Å². The third-order valence-electron chi connectivity index (χ3n) is 10.1. The van der Waals surface area contributed by atoms with Gasteiger partial charge in [0.05, 0.1) is 5.92 Å². The highest BCUT2D eigenvalue weighted by Gasteiger charge is 2.56. The van der Waals surface area contributed by atoms with Crippen LogP contribution in [-0.4, -0.2) is 62.6 Å². The van der Waals surface area contributed by atoms with Crippen molar-refractivity contribution < 1.29 is 28.8 Å². The first-order chi connectivity index (χ1) is 24.0. The van der Waals surface area contributed by atoms with Crippen LogP contribution in [0.4, 0.5) is 4.79 Å². The van der Waals surface area contributed by atoms with Crippen molar-refractivity contribution >= 4 is 6.09 Å². The molecule has 7 heteroatoms. The van der Waals surface area contributed by atoms with Crippen LogP contribution in [0.3, 0.4) is 0 Å². The van der Waals surface area contributed by atoms with E-state index in [0.717, 1.165) is 27.8 Å². The lowest BCUT2D eigenvalue weighted by Crippen LogP contribution is -2.54. The summed E-state index contributed by atoms with van der Waals surface area (Å²) in [5.74, 6) is -2.72. The third kappa shape index (κ3) is 5.83. The molecule has 0 radical (unpaired) electrons. The molecule has 2 atom stereocenters. The Hall–Kier alpha value is -4.79. The van der Waals surface area contributed by atoms with Crippen LogP contribution in [0.5, 0.6) is 0 Å². The van der Waals surface area contributed by atoms with Crippen molar-refractivity contribution in [2.45, 2.75) is 17.5 Å². The number of amides is 1. The minimum absolute atomic E-state index is 0.0630. The topological polar surface area (TPSA) is 77.5 Å². The fraction of sp³-hybridized carbons (Fsp3) is 0.262. The van der Waals surface area contributed by atoms with Crippen LogP contribution in [0.25, 0.3) is 11.1 Å². The van der Waals surface area contributed by atoms with Crippen molar-refractivity contribution in [1.82, 2.24) is 4.90 Å². The van der Waals surface area contributed by atoms with E-state index >= 15 is 0 Å². The second-order valence-corrected chi connectivity index (χ2v) is 12.7. The van der Waals surface area contributed by atoms with E-state index in [1.165, 1.54) is 11.1 Å². The van der Waals surface area contributed by atoms with Crippen LogP contribution < -0.4 is 0 Å². The molecule has 0 unspecified atom stereocenters. The van der Waals surface area contributed by atoms with Crippen LogP contribution in [-0.2, 0) is 24.5 Å². The number of nitrogens with zero attached hydrogens (tertiary/aromatic N) is 1. The first-order valence-electron chi connectivity index (χ1n) is 16.7. The molecule has 2 aliphatic rings. The number of methoxy groups -OCH3 is 2. The van der Waals surface area contributed by atoms with Crippen molar-refractivity contribution in [1.29, 1.82) is 0 Å². The highest BCUT2D eigenvalue weighted by atomic mass is 16.9. The fourth-order valence-corrected chi connectivity index (χ4v) is 7.75. The van der Waals surface area contributed by atoms with Gasteiger partial charge in [-0.15, -0.1) is 0 Å². The molecule has 5 aromatic carbocycles. The Morgan fingerprint density at radius 1 is 0.673 bits per heavy atom. The summed E-state index contributed by atoms with van der Waals surface area (Å²) in [7, 11) is 3.08. The van der Waals surface area contributed by atoms with Gasteiger partial charge in [0.15, 0.2) is 0 Å². The van der Waals surface area contributed by atoms with Gasteiger partial charge in [0.2, 0.25) is 0 Å². The van der Waals surface area contributed by atoms with Crippen molar-refractivity contribution in [3.8, 4) is 11.1 Å². The van der Waals surface area contributed by atoms with Crippen LogP contribution in [0.1, 0.15) is 33.7 Å². The third-order valence-corrected chi connectivity index (χ3v) is 10.1. The number of carbonyl (C=O) groups is 1. The van der Waals surface area contributed by atoms with E-state index in [0.29, 0.717) is 0 Å². The molecular weight excluding hydrogens is 614 g/mol. The van der Waals surface area contributed by atoms with Crippen LogP contribution in [0.15, 0.2) is 140 Å². The number of hydrogen-bond acceptors (Lipinski definition) is 6. The maximum absolute atomic E-state index is 13.8. The first-order valence-corrected chi connectivity index (χ1v) is 16.7. The summed E-state index contributed by atoms with van der Waals surface area (Å²) >= 11 is 0. The van der Waals surface area contributed by atoms with Gasteiger partial charge in [-0.25, -0.2) is 4.79 Å². The summed E-state index contributed by atoms with van der Waals surface area (Å²) in [5.41, 5.74) is 6.08. The number of benzene rings is 5. The largest absolute Gasteiger partial charge is 0.448 e. The van der Waals surface area contributed by atoms with E-state index in [9.17, 15) is 9.90 Å². The molecule has 0 spiro atoms. The standard InChI is InChI=1S/C42H41NO6/c1-46-42(47-2,49-41(31-16-6-3-7-17-31,32-18-8-4-9-19-32)33-20-10-5-11-21-33)39-27-43(26-30(39)28-44)40(45)48-29-38-36-24-14-12-22-34(36)35-23-13-15-25-37(35)38/h3-25,30,38-39,44H,26-29H2,1-2H3/t30-,39+/m0/s1. The van der Waals surface area contributed by atoms with E-state index in [1.54, 1.807) is 19.1 Å². The number of likely N-dealkylation sites (tertiary alicyclic amines) is 1. The van der Waals surface area contributed by atoms with Gasteiger partial charge in [-0.05, 0) is 38.9 Å². The Labute approximate surface area is 287 Å². The second kappa shape index (κ2) is 14.0. The molecule has 1 amide bonds. The van der Waals surface area contributed by atoms with E-state index in [4.69, 9.17) is 18.9 Å². The zero-order valence-electron chi connectivity index (χ0n) is 27.8. The van der Waals surface area contributed by atoms with Crippen LogP contribution in [0.2, 0.25) is 0 Å². The van der Waals surface area contributed by atoms with E-state index < -0.39 is 29.5 Å². The van der Waals surface area contributed by atoms with E-state index in [-0.39, 0.29) is 32.2 Å². The first kappa shape index (κ1) is 32.7. The Kier molecular flexibility index (Phi) is 9.34. The van der Waals surface area contributed by atoms with Gasteiger partial charge in [-0.2, -0.15) is 0 Å². The molecule has 7 nitrogen and oxygen atoms in total. The van der Waals surface area contributed by atoms with Gasteiger partial charge < -0.3 is 29.0 Å². The molecule has 0 bridgehead atoms. The molecule has 7 rings (SSSR count). The average Bonchev–Trinajstić information content (AvgIpc) is 3.76. The zero-order chi connectivity index (χ0) is 33.8. The molecule has 49 heavy (non-hydrogen) atoms. The predicted octanol–water partition coefficient (Wildman–Crippen LogP) is 7.43. The summed E-state index contributed by atoms with van der Waals surface area (Å²) in [6, 6.07) is 46.5. The SMILES string of the molecule is COC(OC)(OC(c1ccccc1)(c1ccccc1)c1ccccc1)[C@@H]1CN(C(=O)OCC2c3ccccc3-c3ccccc32)C[C@H]1CO. The Morgan fingerprint density at radius 3 is 1.57 bits per heavy atom. The molecule has 1 aliphatic heterocycles. The quantitative estimate of drug-likeness (QED) is 0.118. The number of fused-ring (bicyclic) bond motifs is 3. The molecular formula is C42H41NO6.